The Hall–Kier alpha value is 0.0700. The van der Waals surface area contributed by atoms with Crippen LogP contribution in [-0.4, -0.2) is 36.0 Å². The molecule has 2 rings (SSSR count). The molecule has 1 saturated carbocycles. The molecule has 0 spiro atoms. The predicted molar refractivity (Wildman–Crippen MR) is 76.0 cm³/mol. The van der Waals surface area contributed by atoms with E-state index < -0.39 is 0 Å². The van der Waals surface area contributed by atoms with Gasteiger partial charge in [0.25, 0.3) is 0 Å². The highest BCUT2D eigenvalue weighted by Gasteiger charge is 2.27. The molecule has 1 aliphatic heterocycles. The summed E-state index contributed by atoms with van der Waals surface area (Å²) in [7, 11) is 0. The Labute approximate surface area is 114 Å². The zero-order chi connectivity index (χ0) is 11.4. The van der Waals surface area contributed by atoms with E-state index in [2.05, 4.69) is 16.9 Å². The van der Waals surface area contributed by atoms with Crippen LogP contribution in [0.4, 0.5) is 0 Å². The zero-order valence-electron chi connectivity index (χ0n) is 10.4. The summed E-state index contributed by atoms with van der Waals surface area (Å²) in [4.78, 5) is 11.9. The van der Waals surface area contributed by atoms with E-state index in [1.807, 2.05) is 11.8 Å². The molecule has 1 amide bonds. The van der Waals surface area contributed by atoms with Crippen molar-refractivity contribution in [2.75, 3.05) is 12.8 Å². The molecule has 3 nitrogen and oxygen atoms in total. The normalized spacial score (nSPS) is 32.9. The van der Waals surface area contributed by atoms with Crippen LogP contribution in [0.2, 0.25) is 0 Å². The van der Waals surface area contributed by atoms with Gasteiger partial charge in [0.15, 0.2) is 0 Å². The molecular formula is C12H23ClN2OS. The van der Waals surface area contributed by atoms with Gasteiger partial charge in [-0.1, -0.05) is 6.42 Å². The fraction of sp³-hybridized carbons (Fsp3) is 0.917. The number of hydrogen-bond acceptors (Lipinski definition) is 3. The molecule has 2 fully saturated rings. The van der Waals surface area contributed by atoms with Crippen LogP contribution in [0.25, 0.3) is 0 Å². The van der Waals surface area contributed by atoms with Gasteiger partial charge in [-0.05, 0) is 44.9 Å². The summed E-state index contributed by atoms with van der Waals surface area (Å²) in [6.45, 7) is 0.996. The van der Waals surface area contributed by atoms with E-state index in [9.17, 15) is 4.79 Å². The van der Waals surface area contributed by atoms with Gasteiger partial charge in [0.05, 0.1) is 6.04 Å². The largest absolute Gasteiger partial charge is 0.352 e. The summed E-state index contributed by atoms with van der Waals surface area (Å²) in [5, 5.41) is 7.21. The molecule has 17 heavy (non-hydrogen) atoms. The van der Waals surface area contributed by atoms with Crippen LogP contribution in [0.5, 0.6) is 0 Å². The summed E-state index contributed by atoms with van der Waals surface area (Å²) in [5.41, 5.74) is 0. The third-order valence-corrected chi connectivity index (χ3v) is 4.78. The highest BCUT2D eigenvalue weighted by molar-refractivity contribution is 7.99. The maximum atomic E-state index is 11.9. The van der Waals surface area contributed by atoms with Crippen molar-refractivity contribution in [3.63, 3.8) is 0 Å². The molecule has 0 aromatic rings. The number of amides is 1. The summed E-state index contributed by atoms with van der Waals surface area (Å²) < 4.78 is 0. The molecule has 0 bridgehead atoms. The first-order valence-corrected chi connectivity index (χ1v) is 7.65. The van der Waals surface area contributed by atoms with Crippen LogP contribution in [0.3, 0.4) is 0 Å². The van der Waals surface area contributed by atoms with Gasteiger partial charge >= 0.3 is 0 Å². The smallest absolute Gasteiger partial charge is 0.237 e. The van der Waals surface area contributed by atoms with E-state index in [-0.39, 0.29) is 24.4 Å². The summed E-state index contributed by atoms with van der Waals surface area (Å²) in [5.74, 6) is 0.226. The first kappa shape index (κ1) is 15.1. The van der Waals surface area contributed by atoms with Crippen molar-refractivity contribution in [1.82, 2.24) is 10.6 Å². The van der Waals surface area contributed by atoms with Crippen molar-refractivity contribution >= 4 is 30.1 Å². The lowest BCUT2D eigenvalue weighted by atomic mass is 9.94. The summed E-state index contributed by atoms with van der Waals surface area (Å²) in [6.07, 6.45) is 9.20. The minimum atomic E-state index is 0. The molecule has 1 heterocycles. The quantitative estimate of drug-likeness (QED) is 0.829. The molecule has 0 aromatic heterocycles. The topological polar surface area (TPSA) is 41.1 Å². The number of rotatable bonds is 3. The Balaban J connectivity index is 0.00000144. The van der Waals surface area contributed by atoms with Gasteiger partial charge in [-0.25, -0.2) is 0 Å². The Morgan fingerprint density at radius 3 is 2.76 bits per heavy atom. The van der Waals surface area contributed by atoms with E-state index >= 15 is 0 Å². The van der Waals surface area contributed by atoms with E-state index in [4.69, 9.17) is 0 Å². The van der Waals surface area contributed by atoms with Crippen molar-refractivity contribution in [3.8, 4) is 0 Å². The van der Waals surface area contributed by atoms with E-state index in [0.29, 0.717) is 6.04 Å². The Morgan fingerprint density at radius 1 is 1.29 bits per heavy atom. The van der Waals surface area contributed by atoms with Gasteiger partial charge in [-0.3, -0.25) is 4.79 Å². The highest BCUT2D eigenvalue weighted by atomic mass is 35.5. The molecule has 0 aromatic carbocycles. The van der Waals surface area contributed by atoms with E-state index in [1.165, 1.54) is 12.8 Å². The van der Waals surface area contributed by atoms with Crippen LogP contribution in [0.1, 0.15) is 38.5 Å². The molecule has 0 radical (unpaired) electrons. The van der Waals surface area contributed by atoms with Gasteiger partial charge in [-0.15, -0.1) is 12.4 Å². The SMILES string of the molecule is CSC1CCCC(NC(=O)[C@@H]2CCCN2)C1.Cl. The van der Waals surface area contributed by atoms with Crippen LogP contribution in [0.15, 0.2) is 0 Å². The van der Waals surface area contributed by atoms with E-state index in [0.717, 1.165) is 37.5 Å². The molecule has 3 atom stereocenters. The van der Waals surface area contributed by atoms with Crippen LogP contribution < -0.4 is 10.6 Å². The van der Waals surface area contributed by atoms with Gasteiger partial charge < -0.3 is 10.6 Å². The van der Waals surface area contributed by atoms with Crippen LogP contribution >= 0.6 is 24.2 Å². The maximum absolute atomic E-state index is 11.9. The summed E-state index contributed by atoms with van der Waals surface area (Å²) >= 11 is 1.94. The Kier molecular flexibility index (Phi) is 6.67. The van der Waals surface area contributed by atoms with Crippen LogP contribution in [0, 0.1) is 0 Å². The fourth-order valence-corrected chi connectivity index (χ4v) is 3.53. The molecule has 2 aliphatic rings. The molecule has 2 N–H and O–H groups in total. The number of carbonyl (C=O) groups excluding carboxylic acids is 1. The lowest BCUT2D eigenvalue weighted by molar-refractivity contribution is -0.123. The monoisotopic (exact) mass is 278 g/mol. The minimum Gasteiger partial charge on any atom is -0.352 e. The average molecular weight is 279 g/mol. The number of carbonyl (C=O) groups is 1. The third kappa shape index (κ3) is 4.34. The second-order valence-corrected chi connectivity index (χ2v) is 6.02. The first-order chi connectivity index (χ1) is 7.79. The number of thioether (sulfide) groups is 1. The molecule has 5 heteroatoms. The predicted octanol–water partition coefficient (Wildman–Crippen LogP) is 1.95. The highest BCUT2D eigenvalue weighted by Crippen LogP contribution is 2.27. The number of hydrogen-bond donors (Lipinski definition) is 2. The maximum Gasteiger partial charge on any atom is 0.237 e. The lowest BCUT2D eigenvalue weighted by Gasteiger charge is -2.29. The minimum absolute atomic E-state index is 0. The zero-order valence-corrected chi connectivity index (χ0v) is 12.0. The van der Waals surface area contributed by atoms with Crippen molar-refractivity contribution in [2.45, 2.75) is 55.9 Å². The van der Waals surface area contributed by atoms with Crippen molar-refractivity contribution in [3.05, 3.63) is 0 Å². The second-order valence-electron chi connectivity index (χ2n) is 4.88. The number of nitrogens with one attached hydrogen (secondary N) is 2. The average Bonchev–Trinajstić information content (AvgIpc) is 2.83. The molecule has 2 unspecified atom stereocenters. The van der Waals surface area contributed by atoms with Gasteiger partial charge in [0.2, 0.25) is 5.91 Å². The Bertz CT molecular complexity index is 247. The Morgan fingerprint density at radius 2 is 2.12 bits per heavy atom. The number of halogens is 1. The van der Waals surface area contributed by atoms with Gasteiger partial charge in [0.1, 0.15) is 0 Å². The molecule has 1 saturated heterocycles. The van der Waals surface area contributed by atoms with E-state index in [1.54, 1.807) is 0 Å². The first-order valence-electron chi connectivity index (χ1n) is 6.36. The van der Waals surface area contributed by atoms with Gasteiger partial charge in [-0.2, -0.15) is 11.8 Å². The summed E-state index contributed by atoms with van der Waals surface area (Å²) in [6, 6.07) is 0.496. The second kappa shape index (κ2) is 7.49. The third-order valence-electron chi connectivity index (χ3n) is 3.68. The van der Waals surface area contributed by atoms with Crippen molar-refractivity contribution < 1.29 is 4.79 Å². The standard InChI is InChI=1S/C12H22N2OS.ClH/c1-16-10-5-2-4-9(8-10)14-12(15)11-6-3-7-13-11;/h9-11,13H,2-8H2,1H3,(H,14,15);1H/t9?,10?,11-;/m0./s1. The lowest BCUT2D eigenvalue weighted by Crippen LogP contribution is -2.46. The van der Waals surface area contributed by atoms with Crippen LogP contribution in [-0.2, 0) is 4.79 Å². The molecular weight excluding hydrogens is 256 g/mol. The van der Waals surface area contributed by atoms with Gasteiger partial charge in [0, 0.05) is 11.3 Å². The van der Waals surface area contributed by atoms with Crippen molar-refractivity contribution in [2.24, 2.45) is 0 Å². The molecule has 1 aliphatic carbocycles. The fourth-order valence-electron chi connectivity index (χ4n) is 2.70. The van der Waals surface area contributed by atoms with Crippen molar-refractivity contribution in [1.29, 1.82) is 0 Å². The molecule has 100 valence electrons.